The van der Waals surface area contributed by atoms with Crippen LogP contribution in [0, 0.1) is 0 Å². The van der Waals surface area contributed by atoms with Crippen molar-refractivity contribution in [3.63, 3.8) is 0 Å². The molecule has 0 aliphatic carbocycles. The average molecular weight is 276 g/mol. The molecular formula is C16H21FN2O. The molecule has 2 N–H and O–H groups in total. The second-order valence-electron chi connectivity index (χ2n) is 6.49. The molecule has 20 heavy (non-hydrogen) atoms. The summed E-state index contributed by atoms with van der Waals surface area (Å²) in [6.45, 7) is 6.56. The summed E-state index contributed by atoms with van der Waals surface area (Å²) in [5.74, 6) is 0.291. The molecule has 4 heteroatoms. The third-order valence-corrected chi connectivity index (χ3v) is 4.04. The van der Waals surface area contributed by atoms with Gasteiger partial charge in [-0.1, -0.05) is 0 Å². The molecule has 0 saturated carbocycles. The number of fused-ring (bicyclic) bond motifs is 3. The van der Waals surface area contributed by atoms with Crippen LogP contribution in [0.4, 0.5) is 4.39 Å². The number of rotatable bonds is 2. The van der Waals surface area contributed by atoms with E-state index in [1.165, 1.54) is 5.56 Å². The molecule has 0 saturated heterocycles. The van der Waals surface area contributed by atoms with Gasteiger partial charge < -0.3 is 10.1 Å². The number of nitrogens with zero attached hydrogens (tertiary/aromatic N) is 1. The Morgan fingerprint density at radius 3 is 2.90 bits per heavy atom. The molecule has 0 spiro atoms. The van der Waals surface area contributed by atoms with Crippen molar-refractivity contribution in [2.75, 3.05) is 6.54 Å². The van der Waals surface area contributed by atoms with Crippen molar-refractivity contribution >= 4 is 10.9 Å². The van der Waals surface area contributed by atoms with E-state index in [1.807, 2.05) is 12.1 Å². The Labute approximate surface area is 118 Å². The first-order chi connectivity index (χ1) is 9.33. The molecular weight excluding hydrogens is 255 g/mol. The molecule has 1 aromatic carbocycles. The van der Waals surface area contributed by atoms with Gasteiger partial charge in [-0.3, -0.25) is 4.90 Å². The summed E-state index contributed by atoms with van der Waals surface area (Å²) < 4.78 is 13.9. The van der Waals surface area contributed by atoms with E-state index in [9.17, 15) is 9.50 Å². The van der Waals surface area contributed by atoms with Crippen molar-refractivity contribution in [1.82, 2.24) is 9.88 Å². The van der Waals surface area contributed by atoms with Crippen LogP contribution in [0.5, 0.6) is 5.75 Å². The largest absolute Gasteiger partial charge is 0.508 e. The molecule has 2 aromatic rings. The summed E-state index contributed by atoms with van der Waals surface area (Å²) in [6.07, 6.45) is 0.884. The highest BCUT2D eigenvalue weighted by atomic mass is 19.1. The molecule has 2 heterocycles. The minimum atomic E-state index is -1.18. The average Bonchev–Trinajstić information content (AvgIpc) is 2.65. The highest BCUT2D eigenvalue weighted by molar-refractivity contribution is 5.86. The molecule has 3 nitrogen and oxygen atoms in total. The van der Waals surface area contributed by atoms with Gasteiger partial charge in [-0.15, -0.1) is 0 Å². The molecule has 1 aliphatic rings. The maximum atomic E-state index is 13.9. The summed E-state index contributed by atoms with van der Waals surface area (Å²) in [6, 6.07) is 5.71. The number of alkyl halides is 1. The zero-order valence-corrected chi connectivity index (χ0v) is 12.2. The van der Waals surface area contributed by atoms with Crippen LogP contribution in [0.2, 0.25) is 0 Å². The van der Waals surface area contributed by atoms with E-state index < -0.39 is 5.67 Å². The maximum Gasteiger partial charge on any atom is 0.118 e. The first kappa shape index (κ1) is 13.4. The number of phenols is 1. The number of benzene rings is 1. The fourth-order valence-corrected chi connectivity index (χ4v) is 3.14. The van der Waals surface area contributed by atoms with Crippen LogP contribution in [-0.2, 0) is 13.0 Å². The van der Waals surface area contributed by atoms with Gasteiger partial charge in [-0.25, -0.2) is 4.39 Å². The minimum Gasteiger partial charge on any atom is -0.508 e. The lowest BCUT2D eigenvalue weighted by Crippen LogP contribution is -2.44. The van der Waals surface area contributed by atoms with Gasteiger partial charge >= 0.3 is 0 Å². The van der Waals surface area contributed by atoms with E-state index in [-0.39, 0.29) is 0 Å². The smallest absolute Gasteiger partial charge is 0.118 e. The number of H-pyrrole nitrogens is 1. The first-order valence-electron chi connectivity index (χ1n) is 7.09. The predicted molar refractivity (Wildman–Crippen MR) is 78.7 cm³/mol. The van der Waals surface area contributed by atoms with E-state index in [2.05, 4.69) is 16.8 Å². The van der Waals surface area contributed by atoms with E-state index in [4.69, 9.17) is 0 Å². The van der Waals surface area contributed by atoms with Gasteiger partial charge in [0.05, 0.1) is 0 Å². The van der Waals surface area contributed by atoms with Gasteiger partial charge in [0.25, 0.3) is 0 Å². The van der Waals surface area contributed by atoms with Gasteiger partial charge in [0.15, 0.2) is 0 Å². The minimum absolute atomic E-state index is 0.291. The number of aromatic hydroxyl groups is 1. The van der Waals surface area contributed by atoms with E-state index in [0.717, 1.165) is 29.6 Å². The van der Waals surface area contributed by atoms with Gasteiger partial charge in [0, 0.05) is 35.7 Å². The molecule has 1 unspecified atom stereocenters. The molecule has 0 radical (unpaired) electrons. The van der Waals surface area contributed by atoms with Crippen LogP contribution < -0.4 is 0 Å². The standard InChI is InChI=1S/C16H21FN2O/c1-10-6-12-13-7-11(20)4-5-14(13)18-15(12)8-19(10)9-16(2,3)17/h4-5,7,10,18,20H,6,8-9H2,1-3H3. The van der Waals surface area contributed by atoms with Crippen molar-refractivity contribution < 1.29 is 9.50 Å². The van der Waals surface area contributed by atoms with Gasteiger partial charge in [0.2, 0.25) is 0 Å². The maximum absolute atomic E-state index is 13.9. The summed E-state index contributed by atoms with van der Waals surface area (Å²) in [4.78, 5) is 5.58. The van der Waals surface area contributed by atoms with Crippen LogP contribution in [0.15, 0.2) is 18.2 Å². The van der Waals surface area contributed by atoms with E-state index in [1.54, 1.807) is 19.9 Å². The zero-order valence-electron chi connectivity index (χ0n) is 12.2. The van der Waals surface area contributed by atoms with Crippen LogP contribution in [0.25, 0.3) is 10.9 Å². The Hall–Kier alpha value is -1.55. The lowest BCUT2D eigenvalue weighted by molar-refractivity contribution is 0.0853. The van der Waals surface area contributed by atoms with Crippen LogP contribution >= 0.6 is 0 Å². The number of aromatic nitrogens is 1. The number of halogens is 1. The molecule has 0 bridgehead atoms. The molecule has 0 amide bonds. The fourth-order valence-electron chi connectivity index (χ4n) is 3.14. The molecule has 1 atom stereocenters. The third-order valence-electron chi connectivity index (χ3n) is 4.04. The second-order valence-corrected chi connectivity index (χ2v) is 6.49. The van der Waals surface area contributed by atoms with Gasteiger partial charge in [-0.05, 0) is 51.0 Å². The van der Waals surface area contributed by atoms with Crippen LogP contribution in [0.1, 0.15) is 32.0 Å². The Morgan fingerprint density at radius 1 is 1.45 bits per heavy atom. The number of hydrogen-bond donors (Lipinski definition) is 2. The monoisotopic (exact) mass is 276 g/mol. The highest BCUT2D eigenvalue weighted by Gasteiger charge is 2.30. The first-order valence-corrected chi connectivity index (χ1v) is 7.09. The topological polar surface area (TPSA) is 39.3 Å². The van der Waals surface area contributed by atoms with Crippen molar-refractivity contribution in [2.45, 2.75) is 45.4 Å². The second kappa shape index (κ2) is 4.48. The quantitative estimate of drug-likeness (QED) is 0.882. The van der Waals surface area contributed by atoms with Crippen LogP contribution in [-0.4, -0.2) is 33.2 Å². The summed E-state index contributed by atoms with van der Waals surface area (Å²) in [7, 11) is 0. The Morgan fingerprint density at radius 2 is 2.20 bits per heavy atom. The Kier molecular flexibility index (Phi) is 3.01. The Balaban J connectivity index is 1.97. The van der Waals surface area contributed by atoms with Crippen molar-refractivity contribution in [1.29, 1.82) is 0 Å². The molecule has 0 fully saturated rings. The predicted octanol–water partition coefficient (Wildman–Crippen LogP) is 3.37. The van der Waals surface area contributed by atoms with Gasteiger partial charge in [0.1, 0.15) is 11.4 Å². The molecule has 108 valence electrons. The fraction of sp³-hybridized carbons (Fsp3) is 0.500. The number of aromatic amines is 1. The summed E-state index contributed by atoms with van der Waals surface area (Å²) >= 11 is 0. The lowest BCUT2D eigenvalue weighted by atomic mass is 9.96. The molecule has 3 rings (SSSR count). The van der Waals surface area contributed by atoms with Gasteiger partial charge in [-0.2, -0.15) is 0 Å². The molecule has 1 aromatic heterocycles. The van der Waals surface area contributed by atoms with Crippen LogP contribution in [0.3, 0.4) is 0 Å². The third kappa shape index (κ3) is 2.40. The van der Waals surface area contributed by atoms with Crippen molar-refractivity contribution in [3.8, 4) is 5.75 Å². The SMILES string of the molecule is CC1Cc2c([nH]c3ccc(O)cc23)CN1CC(C)(C)F. The normalized spacial score (nSPS) is 20.3. The Bertz CT molecular complexity index is 642. The number of nitrogens with one attached hydrogen (secondary N) is 1. The lowest BCUT2D eigenvalue weighted by Gasteiger charge is -2.36. The highest BCUT2D eigenvalue weighted by Crippen LogP contribution is 2.32. The van der Waals surface area contributed by atoms with Crippen molar-refractivity contribution in [3.05, 3.63) is 29.5 Å². The summed E-state index contributed by atoms with van der Waals surface area (Å²) in [5, 5.41) is 10.7. The summed E-state index contributed by atoms with van der Waals surface area (Å²) in [5.41, 5.74) is 2.27. The number of hydrogen-bond acceptors (Lipinski definition) is 2. The van der Waals surface area contributed by atoms with E-state index >= 15 is 0 Å². The molecule has 1 aliphatic heterocycles. The van der Waals surface area contributed by atoms with E-state index in [0.29, 0.717) is 18.3 Å². The zero-order chi connectivity index (χ0) is 14.5. The van der Waals surface area contributed by atoms with Crippen molar-refractivity contribution in [2.24, 2.45) is 0 Å². The number of phenolic OH excluding ortho intramolecular Hbond substituents is 1.